The summed E-state index contributed by atoms with van der Waals surface area (Å²) in [7, 11) is 0. The van der Waals surface area contributed by atoms with Crippen LogP contribution in [0.4, 0.5) is 0 Å². The summed E-state index contributed by atoms with van der Waals surface area (Å²) in [5.74, 6) is 0.777. The Bertz CT molecular complexity index is 366. The Morgan fingerprint density at radius 1 is 1.24 bits per heavy atom. The molecule has 1 rings (SSSR count). The Morgan fingerprint density at radius 2 is 1.76 bits per heavy atom. The summed E-state index contributed by atoms with van der Waals surface area (Å²) in [5.41, 5.74) is 0.153. The van der Waals surface area contributed by atoms with Gasteiger partial charge in [-0.3, -0.25) is 4.79 Å². The Balaban J connectivity index is 2.61. The van der Waals surface area contributed by atoms with Crippen LogP contribution < -0.4 is 0 Å². The van der Waals surface area contributed by atoms with Crippen LogP contribution in [0.1, 0.15) is 44.0 Å². The second-order valence-electron chi connectivity index (χ2n) is 4.30. The molecule has 3 heteroatoms. The Kier molecular flexibility index (Phi) is 5.22. The van der Waals surface area contributed by atoms with E-state index in [-0.39, 0.29) is 5.78 Å². The maximum Gasteiger partial charge on any atom is 0.159 e. The minimum atomic E-state index is -0.579. The number of thioether (sulfide) groups is 1. The zero-order valence-corrected chi connectivity index (χ0v) is 11.5. The van der Waals surface area contributed by atoms with E-state index in [1.807, 2.05) is 38.1 Å². The van der Waals surface area contributed by atoms with E-state index in [1.54, 1.807) is 18.7 Å². The predicted molar refractivity (Wildman–Crippen MR) is 72.7 cm³/mol. The molecule has 0 radical (unpaired) electrons. The van der Waals surface area contributed by atoms with Gasteiger partial charge in [0, 0.05) is 16.2 Å². The van der Waals surface area contributed by atoms with E-state index in [9.17, 15) is 9.90 Å². The maximum atomic E-state index is 11.1. The average molecular weight is 252 g/mol. The van der Waals surface area contributed by atoms with Crippen molar-refractivity contribution in [3.05, 3.63) is 29.8 Å². The highest BCUT2D eigenvalue weighted by Gasteiger charge is 2.22. The van der Waals surface area contributed by atoms with Gasteiger partial charge in [-0.05, 0) is 31.9 Å². The standard InChI is InChI=1S/C14H20O2S/c1-4-14(16,5-2)10-17-13-8-6-12(7-9-13)11(3)15/h6-9,16H,4-5,10H2,1-3H3. The molecule has 0 aliphatic heterocycles. The predicted octanol–water partition coefficient (Wildman–Crippen LogP) is 3.53. The van der Waals surface area contributed by atoms with Crippen LogP contribution >= 0.6 is 11.8 Å². The number of benzene rings is 1. The van der Waals surface area contributed by atoms with Gasteiger partial charge in [-0.15, -0.1) is 11.8 Å². The van der Waals surface area contributed by atoms with E-state index in [0.29, 0.717) is 5.75 Å². The van der Waals surface area contributed by atoms with Crippen LogP contribution in [0.3, 0.4) is 0 Å². The first kappa shape index (κ1) is 14.3. The van der Waals surface area contributed by atoms with E-state index < -0.39 is 5.60 Å². The zero-order valence-electron chi connectivity index (χ0n) is 10.7. The number of aliphatic hydroxyl groups is 1. The molecule has 0 unspecified atom stereocenters. The van der Waals surface area contributed by atoms with Crippen LogP contribution in [0.2, 0.25) is 0 Å². The van der Waals surface area contributed by atoms with E-state index in [4.69, 9.17) is 0 Å². The monoisotopic (exact) mass is 252 g/mol. The van der Waals surface area contributed by atoms with Crippen molar-refractivity contribution in [1.29, 1.82) is 0 Å². The molecule has 0 aliphatic rings. The lowest BCUT2D eigenvalue weighted by atomic mass is 10.0. The molecule has 0 aliphatic carbocycles. The fourth-order valence-corrected chi connectivity index (χ4v) is 2.63. The first-order valence-electron chi connectivity index (χ1n) is 5.97. The molecule has 0 saturated heterocycles. The molecule has 0 amide bonds. The second-order valence-corrected chi connectivity index (χ2v) is 5.35. The highest BCUT2D eigenvalue weighted by atomic mass is 32.2. The summed E-state index contributed by atoms with van der Waals surface area (Å²) >= 11 is 1.64. The quantitative estimate of drug-likeness (QED) is 0.621. The van der Waals surface area contributed by atoms with Crippen LogP contribution in [0.5, 0.6) is 0 Å². The van der Waals surface area contributed by atoms with E-state index in [2.05, 4.69) is 0 Å². The first-order chi connectivity index (χ1) is 8.00. The van der Waals surface area contributed by atoms with Crippen molar-refractivity contribution < 1.29 is 9.90 Å². The third kappa shape index (κ3) is 4.17. The first-order valence-corrected chi connectivity index (χ1v) is 6.95. The Labute approximate surface area is 107 Å². The van der Waals surface area contributed by atoms with Crippen molar-refractivity contribution in [3.63, 3.8) is 0 Å². The molecule has 0 fully saturated rings. The van der Waals surface area contributed by atoms with Gasteiger partial charge in [-0.2, -0.15) is 0 Å². The third-order valence-electron chi connectivity index (χ3n) is 3.08. The molecular weight excluding hydrogens is 232 g/mol. The summed E-state index contributed by atoms with van der Waals surface area (Å²) < 4.78 is 0. The SMILES string of the molecule is CCC(O)(CC)CSc1ccc(C(C)=O)cc1. The fourth-order valence-electron chi connectivity index (χ4n) is 1.46. The van der Waals surface area contributed by atoms with E-state index in [0.717, 1.165) is 23.3 Å². The second kappa shape index (κ2) is 6.22. The van der Waals surface area contributed by atoms with Crippen LogP contribution in [0.25, 0.3) is 0 Å². The Hall–Kier alpha value is -0.800. The highest BCUT2D eigenvalue weighted by molar-refractivity contribution is 7.99. The van der Waals surface area contributed by atoms with Gasteiger partial charge >= 0.3 is 0 Å². The number of hydrogen-bond acceptors (Lipinski definition) is 3. The molecule has 1 aromatic carbocycles. The van der Waals surface area contributed by atoms with Crippen LogP contribution in [0, 0.1) is 0 Å². The van der Waals surface area contributed by atoms with Crippen molar-refractivity contribution in [1.82, 2.24) is 0 Å². The highest BCUT2D eigenvalue weighted by Crippen LogP contribution is 2.26. The number of carbonyl (C=O) groups is 1. The summed E-state index contributed by atoms with van der Waals surface area (Å²) in [6.45, 7) is 5.57. The van der Waals surface area contributed by atoms with E-state index >= 15 is 0 Å². The molecule has 17 heavy (non-hydrogen) atoms. The molecule has 1 N–H and O–H groups in total. The number of carbonyl (C=O) groups excluding carboxylic acids is 1. The topological polar surface area (TPSA) is 37.3 Å². The van der Waals surface area contributed by atoms with Gasteiger partial charge in [0.2, 0.25) is 0 Å². The molecule has 0 spiro atoms. The molecular formula is C14H20O2S. The third-order valence-corrected chi connectivity index (χ3v) is 4.37. The normalized spacial score (nSPS) is 11.5. The van der Waals surface area contributed by atoms with Gasteiger partial charge < -0.3 is 5.11 Å². The number of ketones is 1. The largest absolute Gasteiger partial charge is 0.389 e. The van der Waals surface area contributed by atoms with Crippen molar-refractivity contribution in [2.24, 2.45) is 0 Å². The van der Waals surface area contributed by atoms with Crippen molar-refractivity contribution >= 4 is 17.5 Å². The molecule has 94 valence electrons. The van der Waals surface area contributed by atoms with Crippen LogP contribution in [0.15, 0.2) is 29.2 Å². The lowest BCUT2D eigenvalue weighted by molar-refractivity contribution is 0.0572. The van der Waals surface area contributed by atoms with Gasteiger partial charge in [0.05, 0.1) is 5.60 Å². The molecule has 0 bridgehead atoms. The van der Waals surface area contributed by atoms with Crippen LogP contribution in [-0.4, -0.2) is 22.2 Å². The van der Waals surface area contributed by atoms with E-state index in [1.165, 1.54) is 0 Å². The molecule has 0 saturated carbocycles. The summed E-state index contributed by atoms with van der Waals surface area (Å²) in [6.07, 6.45) is 1.53. The molecule has 0 atom stereocenters. The zero-order chi connectivity index (χ0) is 12.9. The number of Topliss-reactive ketones (excluding diaryl/α,β-unsaturated/α-hetero) is 1. The molecule has 1 aromatic rings. The van der Waals surface area contributed by atoms with Gasteiger partial charge in [-0.25, -0.2) is 0 Å². The lowest BCUT2D eigenvalue weighted by Gasteiger charge is -2.24. The summed E-state index contributed by atoms with van der Waals surface area (Å²) in [6, 6.07) is 7.55. The average Bonchev–Trinajstić information content (AvgIpc) is 2.36. The molecule has 0 aromatic heterocycles. The minimum Gasteiger partial charge on any atom is -0.389 e. The number of hydrogen-bond donors (Lipinski definition) is 1. The smallest absolute Gasteiger partial charge is 0.159 e. The van der Waals surface area contributed by atoms with Gasteiger partial charge in [0.25, 0.3) is 0 Å². The van der Waals surface area contributed by atoms with Gasteiger partial charge in [0.15, 0.2) is 5.78 Å². The van der Waals surface area contributed by atoms with Gasteiger partial charge in [-0.1, -0.05) is 26.0 Å². The van der Waals surface area contributed by atoms with Crippen molar-refractivity contribution in [3.8, 4) is 0 Å². The minimum absolute atomic E-state index is 0.0835. The molecule has 0 heterocycles. The van der Waals surface area contributed by atoms with Crippen molar-refractivity contribution in [2.75, 3.05) is 5.75 Å². The van der Waals surface area contributed by atoms with Crippen molar-refractivity contribution in [2.45, 2.75) is 44.1 Å². The summed E-state index contributed by atoms with van der Waals surface area (Å²) in [4.78, 5) is 12.2. The molecule has 2 nitrogen and oxygen atoms in total. The summed E-state index contributed by atoms with van der Waals surface area (Å²) in [5, 5.41) is 10.2. The fraction of sp³-hybridized carbons (Fsp3) is 0.500. The number of rotatable bonds is 6. The lowest BCUT2D eigenvalue weighted by Crippen LogP contribution is -2.29. The Morgan fingerprint density at radius 3 is 2.18 bits per heavy atom. The van der Waals surface area contributed by atoms with Crippen LogP contribution in [-0.2, 0) is 0 Å². The van der Waals surface area contributed by atoms with Gasteiger partial charge in [0.1, 0.15) is 0 Å². The maximum absolute atomic E-state index is 11.1.